The summed E-state index contributed by atoms with van der Waals surface area (Å²) >= 11 is 3.29. The lowest BCUT2D eigenvalue weighted by Crippen LogP contribution is -2.36. The molecule has 1 aliphatic rings. The summed E-state index contributed by atoms with van der Waals surface area (Å²) in [4.78, 5) is 25.0. The van der Waals surface area contributed by atoms with Gasteiger partial charge in [0.05, 0.1) is 5.92 Å². The molecule has 6 heteroatoms. The molecule has 0 radical (unpaired) electrons. The van der Waals surface area contributed by atoms with Gasteiger partial charge < -0.3 is 10.0 Å². The predicted molar refractivity (Wildman–Crippen MR) is 83.7 cm³/mol. The van der Waals surface area contributed by atoms with Crippen molar-refractivity contribution in [2.24, 2.45) is 11.8 Å². The van der Waals surface area contributed by atoms with Gasteiger partial charge in [-0.3, -0.25) is 9.59 Å². The summed E-state index contributed by atoms with van der Waals surface area (Å²) in [6.07, 6.45) is 2.45. The number of carbonyl (C=O) groups excluding carboxylic acids is 1. The molecular weight excluding hydrogens is 353 g/mol. The molecule has 0 aliphatic heterocycles. The van der Waals surface area contributed by atoms with Gasteiger partial charge in [-0.2, -0.15) is 0 Å². The van der Waals surface area contributed by atoms with Gasteiger partial charge in [0.25, 0.3) is 0 Å². The molecular formula is C16H19BrFNO3. The van der Waals surface area contributed by atoms with E-state index in [1.54, 1.807) is 19.2 Å². The highest BCUT2D eigenvalue weighted by Crippen LogP contribution is 2.30. The van der Waals surface area contributed by atoms with E-state index in [1.165, 1.54) is 11.0 Å². The summed E-state index contributed by atoms with van der Waals surface area (Å²) in [7, 11) is 1.63. The fourth-order valence-corrected chi connectivity index (χ4v) is 3.36. The standard InChI is InChI=1S/C16H19BrFNO3/c1-19(9-12-8-13(17)5-6-14(12)18)15(20)10-3-2-4-11(7-10)16(21)22/h5-6,8,10-11H,2-4,7,9H2,1H3,(H,21,22). The third-order valence-electron chi connectivity index (χ3n) is 4.16. The molecule has 0 heterocycles. The zero-order valence-corrected chi connectivity index (χ0v) is 14.0. The highest BCUT2D eigenvalue weighted by atomic mass is 79.9. The molecule has 2 unspecified atom stereocenters. The van der Waals surface area contributed by atoms with Gasteiger partial charge in [0.15, 0.2) is 0 Å². The molecule has 4 nitrogen and oxygen atoms in total. The van der Waals surface area contributed by atoms with Crippen molar-refractivity contribution in [2.75, 3.05) is 7.05 Å². The lowest BCUT2D eigenvalue weighted by atomic mass is 9.81. The highest BCUT2D eigenvalue weighted by Gasteiger charge is 2.32. The Labute approximate surface area is 137 Å². The minimum Gasteiger partial charge on any atom is -0.481 e. The van der Waals surface area contributed by atoms with Crippen LogP contribution in [0.3, 0.4) is 0 Å². The van der Waals surface area contributed by atoms with Crippen LogP contribution in [0, 0.1) is 17.7 Å². The van der Waals surface area contributed by atoms with Crippen LogP contribution in [0.1, 0.15) is 31.2 Å². The Morgan fingerprint density at radius 1 is 1.36 bits per heavy atom. The molecule has 0 saturated heterocycles. The number of nitrogens with zero attached hydrogens (tertiary/aromatic N) is 1. The van der Waals surface area contributed by atoms with E-state index in [-0.39, 0.29) is 24.2 Å². The van der Waals surface area contributed by atoms with E-state index in [2.05, 4.69) is 15.9 Å². The quantitative estimate of drug-likeness (QED) is 0.881. The van der Waals surface area contributed by atoms with Gasteiger partial charge in [-0.25, -0.2) is 4.39 Å². The molecule has 2 rings (SSSR count). The van der Waals surface area contributed by atoms with Crippen LogP contribution in [-0.2, 0) is 16.1 Å². The van der Waals surface area contributed by atoms with Crippen molar-refractivity contribution in [3.05, 3.63) is 34.1 Å². The number of rotatable bonds is 4. The number of carbonyl (C=O) groups is 2. The van der Waals surface area contributed by atoms with Crippen molar-refractivity contribution >= 4 is 27.8 Å². The fraction of sp³-hybridized carbons (Fsp3) is 0.500. The fourth-order valence-electron chi connectivity index (χ4n) is 2.95. The summed E-state index contributed by atoms with van der Waals surface area (Å²) in [6.45, 7) is 0.179. The van der Waals surface area contributed by atoms with Gasteiger partial charge >= 0.3 is 5.97 Å². The second-order valence-electron chi connectivity index (χ2n) is 5.83. The van der Waals surface area contributed by atoms with Gasteiger partial charge in [0, 0.05) is 29.5 Å². The van der Waals surface area contributed by atoms with Crippen LogP contribution in [-0.4, -0.2) is 28.9 Å². The van der Waals surface area contributed by atoms with Crippen molar-refractivity contribution in [1.29, 1.82) is 0 Å². The SMILES string of the molecule is CN(Cc1cc(Br)ccc1F)C(=O)C1CCCC(C(=O)O)C1. The number of benzene rings is 1. The number of halogens is 2. The second kappa shape index (κ2) is 7.22. The summed E-state index contributed by atoms with van der Waals surface area (Å²) in [5, 5.41) is 9.10. The van der Waals surface area contributed by atoms with Gasteiger partial charge in [-0.15, -0.1) is 0 Å². The van der Waals surface area contributed by atoms with Crippen LogP contribution in [0.15, 0.2) is 22.7 Å². The van der Waals surface area contributed by atoms with Crippen LogP contribution in [0.4, 0.5) is 4.39 Å². The molecule has 1 aromatic rings. The smallest absolute Gasteiger partial charge is 0.306 e. The Morgan fingerprint density at radius 3 is 2.73 bits per heavy atom. The number of amides is 1. The monoisotopic (exact) mass is 371 g/mol. The Balaban J connectivity index is 2.02. The van der Waals surface area contributed by atoms with E-state index in [9.17, 15) is 14.0 Å². The Hall–Kier alpha value is -1.43. The third-order valence-corrected chi connectivity index (χ3v) is 4.66. The first-order chi connectivity index (χ1) is 10.4. The molecule has 1 aromatic carbocycles. The number of hydrogen-bond acceptors (Lipinski definition) is 2. The van der Waals surface area contributed by atoms with E-state index in [4.69, 9.17) is 5.11 Å². The van der Waals surface area contributed by atoms with Gasteiger partial charge in [0.1, 0.15) is 5.82 Å². The average Bonchev–Trinajstić information content (AvgIpc) is 2.50. The molecule has 0 aromatic heterocycles. The maximum atomic E-state index is 13.8. The summed E-state index contributed by atoms with van der Waals surface area (Å²) in [6, 6.07) is 4.62. The molecule has 1 amide bonds. The Bertz CT molecular complexity index is 579. The first-order valence-corrected chi connectivity index (χ1v) is 8.09. The summed E-state index contributed by atoms with van der Waals surface area (Å²) < 4.78 is 14.5. The molecule has 1 aliphatic carbocycles. The van der Waals surface area contributed by atoms with Crippen molar-refractivity contribution < 1.29 is 19.1 Å². The second-order valence-corrected chi connectivity index (χ2v) is 6.74. The van der Waals surface area contributed by atoms with Crippen LogP contribution < -0.4 is 0 Å². The highest BCUT2D eigenvalue weighted by molar-refractivity contribution is 9.10. The molecule has 1 N–H and O–H groups in total. The predicted octanol–water partition coefficient (Wildman–Crippen LogP) is 3.44. The van der Waals surface area contributed by atoms with Gasteiger partial charge in [-0.05, 0) is 37.5 Å². The van der Waals surface area contributed by atoms with Crippen molar-refractivity contribution in [3.8, 4) is 0 Å². The minimum atomic E-state index is -0.835. The summed E-state index contributed by atoms with van der Waals surface area (Å²) in [5.74, 6) is -2.02. The van der Waals surface area contributed by atoms with Crippen molar-refractivity contribution in [1.82, 2.24) is 4.90 Å². The molecule has 0 bridgehead atoms. The molecule has 0 spiro atoms. The molecule has 1 fully saturated rings. The molecule has 120 valence electrons. The van der Waals surface area contributed by atoms with E-state index in [0.29, 0.717) is 24.8 Å². The normalized spacial score (nSPS) is 21.4. The zero-order chi connectivity index (χ0) is 16.3. The maximum absolute atomic E-state index is 13.8. The number of hydrogen-bond donors (Lipinski definition) is 1. The molecule has 2 atom stereocenters. The van der Waals surface area contributed by atoms with Crippen LogP contribution in [0.25, 0.3) is 0 Å². The number of carboxylic acid groups (broad SMARTS) is 1. The van der Waals surface area contributed by atoms with Crippen molar-refractivity contribution in [2.45, 2.75) is 32.2 Å². The summed E-state index contributed by atoms with van der Waals surface area (Å²) in [5.41, 5.74) is 0.441. The zero-order valence-electron chi connectivity index (χ0n) is 12.4. The first kappa shape index (κ1) is 16.9. The maximum Gasteiger partial charge on any atom is 0.306 e. The number of carboxylic acids is 1. The van der Waals surface area contributed by atoms with E-state index >= 15 is 0 Å². The lowest BCUT2D eigenvalue weighted by Gasteiger charge is -2.29. The van der Waals surface area contributed by atoms with E-state index < -0.39 is 11.9 Å². The van der Waals surface area contributed by atoms with E-state index in [1.807, 2.05) is 0 Å². The van der Waals surface area contributed by atoms with Gasteiger partial charge in [-0.1, -0.05) is 22.4 Å². The first-order valence-electron chi connectivity index (χ1n) is 7.30. The van der Waals surface area contributed by atoms with Crippen LogP contribution in [0.5, 0.6) is 0 Å². The van der Waals surface area contributed by atoms with E-state index in [0.717, 1.165) is 10.9 Å². The Kier molecular flexibility index (Phi) is 5.56. The van der Waals surface area contributed by atoms with Gasteiger partial charge in [0.2, 0.25) is 5.91 Å². The average molecular weight is 372 g/mol. The lowest BCUT2D eigenvalue weighted by molar-refractivity contribution is -0.145. The third kappa shape index (κ3) is 4.06. The minimum absolute atomic E-state index is 0.106. The molecule has 22 heavy (non-hydrogen) atoms. The van der Waals surface area contributed by atoms with Crippen molar-refractivity contribution in [3.63, 3.8) is 0 Å². The Morgan fingerprint density at radius 2 is 2.05 bits per heavy atom. The van der Waals surface area contributed by atoms with Crippen LogP contribution in [0.2, 0.25) is 0 Å². The van der Waals surface area contributed by atoms with Crippen LogP contribution >= 0.6 is 15.9 Å². The number of aliphatic carboxylic acids is 1. The molecule has 1 saturated carbocycles. The largest absolute Gasteiger partial charge is 0.481 e. The topological polar surface area (TPSA) is 57.6 Å².